The van der Waals surface area contributed by atoms with E-state index in [1.165, 1.54) is 6.07 Å². The van der Waals surface area contributed by atoms with Crippen molar-refractivity contribution in [3.63, 3.8) is 0 Å². The van der Waals surface area contributed by atoms with Crippen molar-refractivity contribution in [2.75, 3.05) is 18.0 Å². The maximum atomic E-state index is 14.2. The molecule has 29 heavy (non-hydrogen) atoms. The van der Waals surface area contributed by atoms with Crippen molar-refractivity contribution in [1.29, 1.82) is 0 Å². The van der Waals surface area contributed by atoms with Crippen LogP contribution in [0, 0.1) is 5.82 Å². The lowest BCUT2D eigenvalue weighted by atomic mass is 10.0. The molecule has 1 aromatic carbocycles. The summed E-state index contributed by atoms with van der Waals surface area (Å²) in [7, 11) is 0. The molecule has 0 atom stereocenters. The lowest BCUT2D eigenvalue weighted by Gasteiger charge is -2.31. The predicted octanol–water partition coefficient (Wildman–Crippen LogP) is 4.36. The van der Waals surface area contributed by atoms with E-state index in [2.05, 4.69) is 20.9 Å². The number of H-pyrrole nitrogens is 1. The summed E-state index contributed by atoms with van der Waals surface area (Å²) < 4.78 is 14.2. The second kappa shape index (κ2) is 7.29. The van der Waals surface area contributed by atoms with Gasteiger partial charge < -0.3 is 15.6 Å². The minimum atomic E-state index is -0.275. The van der Waals surface area contributed by atoms with Gasteiger partial charge in [0.2, 0.25) is 0 Å². The number of piperidine rings is 1. The number of nitrogens with one attached hydrogen (secondary N) is 1. The average molecular weight is 387 g/mol. The molecule has 0 radical (unpaired) electrons. The highest BCUT2D eigenvalue weighted by molar-refractivity contribution is 5.94. The number of anilines is 1. The average Bonchev–Trinajstić information content (AvgIpc) is 3.18. The number of pyridine rings is 2. The van der Waals surface area contributed by atoms with E-state index in [0.717, 1.165) is 53.8 Å². The number of fused-ring (bicyclic) bond motifs is 1. The van der Waals surface area contributed by atoms with Crippen LogP contribution in [0.15, 0.2) is 61.1 Å². The van der Waals surface area contributed by atoms with Crippen LogP contribution in [-0.4, -0.2) is 34.1 Å². The second-order valence-electron chi connectivity index (χ2n) is 7.53. The van der Waals surface area contributed by atoms with Crippen LogP contribution < -0.4 is 10.6 Å². The smallest absolute Gasteiger partial charge is 0.132 e. The van der Waals surface area contributed by atoms with E-state index in [1.807, 2.05) is 36.8 Å². The third-order valence-electron chi connectivity index (χ3n) is 5.61. The Bertz CT molecular complexity index is 1160. The van der Waals surface area contributed by atoms with Crippen molar-refractivity contribution in [2.45, 2.75) is 18.9 Å². The van der Waals surface area contributed by atoms with Gasteiger partial charge in [0.05, 0.1) is 28.6 Å². The quantitative estimate of drug-likeness (QED) is 0.548. The van der Waals surface area contributed by atoms with E-state index < -0.39 is 0 Å². The summed E-state index contributed by atoms with van der Waals surface area (Å²) >= 11 is 0. The Morgan fingerprint density at radius 2 is 1.86 bits per heavy atom. The number of nitrogens with zero attached hydrogens (tertiary/aromatic N) is 3. The Labute approximate surface area is 168 Å². The zero-order valence-corrected chi connectivity index (χ0v) is 16.0. The maximum Gasteiger partial charge on any atom is 0.132 e. The number of hydrogen-bond donors (Lipinski definition) is 2. The number of rotatable bonds is 3. The molecule has 0 amide bonds. The molecule has 0 bridgehead atoms. The monoisotopic (exact) mass is 387 g/mol. The fourth-order valence-electron chi connectivity index (χ4n) is 3.94. The molecule has 1 saturated heterocycles. The standard InChI is InChI=1S/C23H22FN5/c24-20-4-2-1-3-18(20)21-5-6-22-23(28-21)19(14-27-22)15-11-17(13-26-12-15)29-9-7-16(25)8-10-29/h1-6,11-14,16,27H,7-10,25H2. The molecule has 0 aliphatic carbocycles. The van der Waals surface area contributed by atoms with Crippen LogP contribution in [-0.2, 0) is 0 Å². The third kappa shape index (κ3) is 3.36. The number of aromatic amines is 1. The molecule has 4 aromatic rings. The summed E-state index contributed by atoms with van der Waals surface area (Å²) in [5, 5.41) is 0. The Morgan fingerprint density at radius 3 is 2.69 bits per heavy atom. The van der Waals surface area contributed by atoms with Gasteiger partial charge in [-0.2, -0.15) is 0 Å². The van der Waals surface area contributed by atoms with Crippen molar-refractivity contribution in [3.05, 3.63) is 66.9 Å². The van der Waals surface area contributed by atoms with Crippen LogP contribution >= 0.6 is 0 Å². The first kappa shape index (κ1) is 17.8. The summed E-state index contributed by atoms with van der Waals surface area (Å²) in [5.74, 6) is -0.275. The van der Waals surface area contributed by atoms with E-state index in [9.17, 15) is 4.39 Å². The van der Waals surface area contributed by atoms with E-state index in [0.29, 0.717) is 11.3 Å². The van der Waals surface area contributed by atoms with Crippen LogP contribution in [0.4, 0.5) is 10.1 Å². The van der Waals surface area contributed by atoms with Gasteiger partial charge >= 0.3 is 0 Å². The fourth-order valence-corrected chi connectivity index (χ4v) is 3.94. The van der Waals surface area contributed by atoms with Gasteiger partial charge in [-0.1, -0.05) is 12.1 Å². The van der Waals surface area contributed by atoms with E-state index in [-0.39, 0.29) is 11.9 Å². The van der Waals surface area contributed by atoms with Gasteiger partial charge in [0.15, 0.2) is 0 Å². The molecule has 5 nitrogen and oxygen atoms in total. The number of aromatic nitrogens is 3. The third-order valence-corrected chi connectivity index (χ3v) is 5.61. The Kier molecular flexibility index (Phi) is 4.48. The molecule has 3 N–H and O–H groups in total. The highest BCUT2D eigenvalue weighted by atomic mass is 19.1. The van der Waals surface area contributed by atoms with Crippen molar-refractivity contribution in [2.24, 2.45) is 5.73 Å². The van der Waals surface area contributed by atoms with E-state index in [1.54, 1.807) is 12.1 Å². The van der Waals surface area contributed by atoms with Gasteiger partial charge in [-0.25, -0.2) is 9.37 Å². The summed E-state index contributed by atoms with van der Waals surface area (Å²) in [5.41, 5.74) is 11.9. The fraction of sp³-hybridized carbons (Fsp3) is 0.217. The molecule has 0 unspecified atom stereocenters. The lowest BCUT2D eigenvalue weighted by molar-refractivity contribution is 0.501. The molecule has 1 aliphatic rings. The highest BCUT2D eigenvalue weighted by Crippen LogP contribution is 2.32. The normalized spacial score (nSPS) is 15.2. The van der Waals surface area contributed by atoms with Crippen LogP contribution in [0.1, 0.15) is 12.8 Å². The molecule has 0 saturated carbocycles. The molecule has 0 spiro atoms. The zero-order chi connectivity index (χ0) is 19.8. The molecule has 4 heterocycles. The summed E-state index contributed by atoms with van der Waals surface area (Å²) in [6.07, 6.45) is 7.66. The molecular formula is C23H22FN5. The Hall–Kier alpha value is -3.25. The number of hydrogen-bond acceptors (Lipinski definition) is 4. The van der Waals surface area contributed by atoms with Crippen molar-refractivity contribution in [1.82, 2.24) is 15.0 Å². The SMILES string of the molecule is NC1CCN(c2cncc(-c3c[nH]c4ccc(-c5ccccc5F)nc34)c2)CC1. The Morgan fingerprint density at radius 1 is 1.03 bits per heavy atom. The van der Waals surface area contributed by atoms with Gasteiger partial charge in [-0.15, -0.1) is 0 Å². The number of nitrogens with two attached hydrogens (primary N) is 1. The van der Waals surface area contributed by atoms with Crippen molar-refractivity contribution >= 4 is 16.7 Å². The maximum absolute atomic E-state index is 14.2. The predicted molar refractivity (Wildman–Crippen MR) is 114 cm³/mol. The first-order valence-electron chi connectivity index (χ1n) is 9.88. The summed E-state index contributed by atoms with van der Waals surface area (Å²) in [6.45, 7) is 1.88. The van der Waals surface area contributed by atoms with E-state index >= 15 is 0 Å². The Balaban J connectivity index is 1.55. The van der Waals surface area contributed by atoms with Gasteiger partial charge in [0.1, 0.15) is 5.82 Å². The number of halogens is 1. The first-order valence-corrected chi connectivity index (χ1v) is 9.88. The van der Waals surface area contributed by atoms with Crippen molar-refractivity contribution < 1.29 is 4.39 Å². The second-order valence-corrected chi connectivity index (χ2v) is 7.53. The largest absolute Gasteiger partial charge is 0.370 e. The molecule has 5 rings (SSSR count). The molecule has 6 heteroatoms. The molecule has 3 aromatic heterocycles. The van der Waals surface area contributed by atoms with Crippen LogP contribution in [0.3, 0.4) is 0 Å². The van der Waals surface area contributed by atoms with E-state index in [4.69, 9.17) is 10.7 Å². The topological polar surface area (TPSA) is 70.8 Å². The van der Waals surface area contributed by atoms with Gasteiger partial charge in [-0.05, 0) is 43.2 Å². The molecule has 146 valence electrons. The highest BCUT2D eigenvalue weighted by Gasteiger charge is 2.18. The molecular weight excluding hydrogens is 365 g/mol. The lowest BCUT2D eigenvalue weighted by Crippen LogP contribution is -2.39. The number of benzene rings is 1. The van der Waals surface area contributed by atoms with Crippen molar-refractivity contribution in [3.8, 4) is 22.4 Å². The molecule has 1 fully saturated rings. The van der Waals surface area contributed by atoms with Gasteiger partial charge in [0.25, 0.3) is 0 Å². The minimum absolute atomic E-state index is 0.275. The van der Waals surface area contributed by atoms with Gasteiger partial charge in [0, 0.05) is 48.2 Å². The van der Waals surface area contributed by atoms with Gasteiger partial charge in [-0.3, -0.25) is 4.98 Å². The van der Waals surface area contributed by atoms with Crippen LogP contribution in [0.25, 0.3) is 33.4 Å². The minimum Gasteiger partial charge on any atom is -0.370 e. The van der Waals surface area contributed by atoms with Crippen LogP contribution in [0.2, 0.25) is 0 Å². The van der Waals surface area contributed by atoms with Crippen LogP contribution in [0.5, 0.6) is 0 Å². The summed E-state index contributed by atoms with van der Waals surface area (Å²) in [4.78, 5) is 14.8. The first-order chi connectivity index (χ1) is 14.2. The summed E-state index contributed by atoms with van der Waals surface area (Å²) in [6, 6.07) is 12.9. The molecule has 1 aliphatic heterocycles. The zero-order valence-electron chi connectivity index (χ0n) is 16.0.